The van der Waals surface area contributed by atoms with Gasteiger partial charge < -0.3 is 15.8 Å². The van der Waals surface area contributed by atoms with Crippen molar-refractivity contribution in [1.82, 2.24) is 5.32 Å². The first-order chi connectivity index (χ1) is 9.12. The first-order valence-corrected chi connectivity index (χ1v) is 7.11. The van der Waals surface area contributed by atoms with E-state index in [1.165, 1.54) is 18.4 Å². The zero-order valence-corrected chi connectivity index (χ0v) is 12.0. The van der Waals surface area contributed by atoms with E-state index in [1.54, 1.807) is 0 Å². The average molecular weight is 284 g/mol. The normalized spacial score (nSPS) is 13.6. The van der Waals surface area contributed by atoms with E-state index < -0.39 is 0 Å². The summed E-state index contributed by atoms with van der Waals surface area (Å²) in [4.78, 5) is 24.4. The molecule has 1 amide bonds. The average Bonchev–Trinajstić information content (AvgIpc) is 2.93. The summed E-state index contributed by atoms with van der Waals surface area (Å²) < 4.78 is 4.66. The number of hydrogen-bond acceptors (Lipinski definition) is 5. The number of carbonyl (C=O) groups is 2. The van der Waals surface area contributed by atoms with Gasteiger partial charge >= 0.3 is 5.97 Å². The van der Waals surface area contributed by atoms with E-state index in [4.69, 9.17) is 5.73 Å². The minimum atomic E-state index is -0.348. The summed E-state index contributed by atoms with van der Waals surface area (Å²) in [6, 6.07) is 3.43. The quantitative estimate of drug-likeness (QED) is 0.743. The van der Waals surface area contributed by atoms with Crippen LogP contribution in [0.5, 0.6) is 0 Å². The van der Waals surface area contributed by atoms with Gasteiger partial charge in [0, 0.05) is 17.3 Å². The molecule has 1 heterocycles. The van der Waals surface area contributed by atoms with E-state index in [1.807, 2.05) is 24.4 Å². The lowest BCUT2D eigenvalue weighted by atomic mass is 10.0. The molecule has 3 N–H and O–H groups in total. The van der Waals surface area contributed by atoms with Crippen LogP contribution in [0, 0.1) is 5.92 Å². The molecule has 0 aliphatic carbocycles. The fraction of sp³-hybridized carbons (Fsp3) is 0.538. The zero-order valence-electron chi connectivity index (χ0n) is 11.2. The molecule has 0 saturated carbocycles. The van der Waals surface area contributed by atoms with Crippen molar-refractivity contribution in [3.63, 3.8) is 0 Å². The molecule has 0 fully saturated rings. The van der Waals surface area contributed by atoms with Crippen LogP contribution in [0.3, 0.4) is 0 Å². The minimum Gasteiger partial charge on any atom is -0.469 e. The van der Waals surface area contributed by atoms with Gasteiger partial charge in [-0.2, -0.15) is 0 Å². The number of nitrogens with one attached hydrogen (secondary N) is 1. The van der Waals surface area contributed by atoms with Crippen molar-refractivity contribution >= 4 is 23.2 Å². The summed E-state index contributed by atoms with van der Waals surface area (Å²) in [5.74, 6) is -0.688. The fourth-order valence-corrected chi connectivity index (χ4v) is 2.49. The lowest BCUT2D eigenvalue weighted by Crippen LogP contribution is -2.37. The second kappa shape index (κ2) is 7.91. The summed E-state index contributed by atoms with van der Waals surface area (Å²) >= 11 is 1.50. The molecule has 5 nitrogen and oxygen atoms in total. The van der Waals surface area contributed by atoms with Crippen molar-refractivity contribution in [3.8, 4) is 0 Å². The van der Waals surface area contributed by atoms with Crippen LogP contribution in [0.4, 0.5) is 0 Å². The van der Waals surface area contributed by atoms with Gasteiger partial charge in [-0.25, -0.2) is 0 Å². The number of ether oxygens (including phenoxy) is 1. The SMILES string of the molecule is CCC(CN)C(=O)NC(CC(=O)OC)c1cccs1. The van der Waals surface area contributed by atoms with Crippen molar-refractivity contribution in [2.45, 2.75) is 25.8 Å². The lowest BCUT2D eigenvalue weighted by Gasteiger charge is -2.19. The lowest BCUT2D eigenvalue weighted by molar-refractivity contribution is -0.141. The first-order valence-electron chi connectivity index (χ1n) is 6.23. The van der Waals surface area contributed by atoms with Crippen LogP contribution in [-0.4, -0.2) is 25.5 Å². The molecule has 6 heteroatoms. The highest BCUT2D eigenvalue weighted by molar-refractivity contribution is 7.10. The molecule has 106 valence electrons. The van der Waals surface area contributed by atoms with Gasteiger partial charge in [0.15, 0.2) is 0 Å². The van der Waals surface area contributed by atoms with Crippen LogP contribution in [0.2, 0.25) is 0 Å². The monoisotopic (exact) mass is 284 g/mol. The number of carbonyl (C=O) groups excluding carboxylic acids is 2. The Morgan fingerprint density at radius 1 is 1.53 bits per heavy atom. The molecule has 1 aromatic heterocycles. The third kappa shape index (κ3) is 4.65. The van der Waals surface area contributed by atoms with E-state index in [-0.39, 0.29) is 30.3 Å². The number of methoxy groups -OCH3 is 1. The Hall–Kier alpha value is -1.40. The van der Waals surface area contributed by atoms with Gasteiger partial charge in [0.1, 0.15) is 0 Å². The Morgan fingerprint density at radius 2 is 2.26 bits per heavy atom. The summed E-state index contributed by atoms with van der Waals surface area (Å²) in [5, 5.41) is 4.79. The first kappa shape index (κ1) is 15.7. The molecule has 1 aromatic rings. The maximum absolute atomic E-state index is 12.0. The fourth-order valence-electron chi connectivity index (χ4n) is 1.71. The Labute approximate surface area is 117 Å². The number of thiophene rings is 1. The summed E-state index contributed by atoms with van der Waals surface area (Å²) in [6.45, 7) is 2.22. The Morgan fingerprint density at radius 3 is 2.74 bits per heavy atom. The highest BCUT2D eigenvalue weighted by Gasteiger charge is 2.23. The van der Waals surface area contributed by atoms with Gasteiger partial charge in [0.2, 0.25) is 5.91 Å². The number of rotatable bonds is 7. The highest BCUT2D eigenvalue weighted by Crippen LogP contribution is 2.23. The largest absolute Gasteiger partial charge is 0.469 e. The molecule has 0 aliphatic heterocycles. The molecule has 0 bridgehead atoms. The van der Waals surface area contributed by atoms with Crippen molar-refractivity contribution in [2.75, 3.05) is 13.7 Å². The van der Waals surface area contributed by atoms with E-state index in [0.29, 0.717) is 13.0 Å². The second-order valence-electron chi connectivity index (χ2n) is 4.20. The van der Waals surface area contributed by atoms with Crippen molar-refractivity contribution < 1.29 is 14.3 Å². The highest BCUT2D eigenvalue weighted by atomic mass is 32.1. The van der Waals surface area contributed by atoms with E-state index in [0.717, 1.165) is 4.88 Å². The predicted octanol–water partition coefficient (Wildman–Crippen LogP) is 1.45. The van der Waals surface area contributed by atoms with Crippen LogP contribution in [0.1, 0.15) is 30.7 Å². The summed E-state index contributed by atoms with van der Waals surface area (Å²) in [7, 11) is 1.34. The zero-order chi connectivity index (χ0) is 14.3. The number of esters is 1. The van der Waals surface area contributed by atoms with E-state index in [2.05, 4.69) is 10.1 Å². The van der Waals surface area contributed by atoms with Crippen LogP contribution in [-0.2, 0) is 14.3 Å². The molecule has 2 unspecified atom stereocenters. The van der Waals surface area contributed by atoms with Crippen molar-refractivity contribution in [1.29, 1.82) is 0 Å². The van der Waals surface area contributed by atoms with E-state index in [9.17, 15) is 9.59 Å². The molecule has 0 aliphatic rings. The summed E-state index contributed by atoms with van der Waals surface area (Å²) in [5.41, 5.74) is 5.56. The molecule has 0 spiro atoms. The molecule has 1 rings (SSSR count). The molecule has 0 radical (unpaired) electrons. The van der Waals surface area contributed by atoms with Crippen LogP contribution in [0.25, 0.3) is 0 Å². The third-order valence-electron chi connectivity index (χ3n) is 2.95. The molecular formula is C13H20N2O3S. The van der Waals surface area contributed by atoms with Gasteiger partial charge in [-0.1, -0.05) is 13.0 Å². The Bertz CT molecular complexity index is 402. The Balaban J connectivity index is 2.75. The molecule has 2 atom stereocenters. The maximum Gasteiger partial charge on any atom is 0.307 e. The van der Waals surface area contributed by atoms with Gasteiger partial charge in [-0.3, -0.25) is 9.59 Å². The number of nitrogens with two attached hydrogens (primary N) is 1. The molecule has 19 heavy (non-hydrogen) atoms. The number of hydrogen-bond donors (Lipinski definition) is 2. The number of amides is 1. The molecular weight excluding hydrogens is 264 g/mol. The van der Waals surface area contributed by atoms with Gasteiger partial charge in [0.05, 0.1) is 19.6 Å². The Kier molecular flexibility index (Phi) is 6.52. The van der Waals surface area contributed by atoms with Gasteiger partial charge in [-0.15, -0.1) is 11.3 Å². The summed E-state index contributed by atoms with van der Waals surface area (Å²) in [6.07, 6.45) is 0.807. The van der Waals surface area contributed by atoms with Crippen LogP contribution in [0.15, 0.2) is 17.5 Å². The van der Waals surface area contributed by atoms with Crippen molar-refractivity contribution in [3.05, 3.63) is 22.4 Å². The third-order valence-corrected chi connectivity index (χ3v) is 3.94. The molecule has 0 saturated heterocycles. The second-order valence-corrected chi connectivity index (χ2v) is 5.18. The smallest absolute Gasteiger partial charge is 0.307 e. The minimum absolute atomic E-state index is 0.118. The van der Waals surface area contributed by atoms with Crippen LogP contribution >= 0.6 is 11.3 Å². The van der Waals surface area contributed by atoms with Gasteiger partial charge in [-0.05, 0) is 17.9 Å². The maximum atomic E-state index is 12.0. The van der Waals surface area contributed by atoms with Crippen molar-refractivity contribution in [2.24, 2.45) is 11.7 Å². The topological polar surface area (TPSA) is 81.4 Å². The van der Waals surface area contributed by atoms with Crippen LogP contribution < -0.4 is 11.1 Å². The standard InChI is InChI=1S/C13H20N2O3S/c1-3-9(8-14)13(17)15-10(7-12(16)18-2)11-5-4-6-19-11/h4-6,9-10H,3,7-8,14H2,1-2H3,(H,15,17). The van der Waals surface area contributed by atoms with Gasteiger partial charge in [0.25, 0.3) is 0 Å². The predicted molar refractivity (Wildman–Crippen MR) is 74.7 cm³/mol. The van der Waals surface area contributed by atoms with E-state index >= 15 is 0 Å². The molecule has 0 aromatic carbocycles.